The molecular formula is C16H19N3O3. The van der Waals surface area contributed by atoms with Gasteiger partial charge in [-0.2, -0.15) is 4.98 Å². The minimum atomic E-state index is -0.425. The minimum Gasteiger partial charge on any atom is -0.492 e. The molecule has 0 saturated carbocycles. The number of carbonyl (C=O) groups excluding carboxylic acids is 1. The largest absolute Gasteiger partial charge is 0.492 e. The van der Waals surface area contributed by atoms with Crippen molar-refractivity contribution in [3.05, 3.63) is 52.2 Å². The summed E-state index contributed by atoms with van der Waals surface area (Å²) in [4.78, 5) is 27.9. The van der Waals surface area contributed by atoms with Gasteiger partial charge in [0.05, 0.1) is 12.3 Å². The van der Waals surface area contributed by atoms with Gasteiger partial charge in [0.15, 0.2) is 0 Å². The number of hydrogen-bond acceptors (Lipinski definition) is 4. The fraction of sp³-hybridized carbons (Fsp3) is 0.312. The van der Waals surface area contributed by atoms with Crippen LogP contribution in [0.5, 0.6) is 5.75 Å². The molecule has 0 radical (unpaired) electrons. The molecule has 116 valence electrons. The van der Waals surface area contributed by atoms with Crippen molar-refractivity contribution in [3.63, 3.8) is 0 Å². The van der Waals surface area contributed by atoms with Crippen LogP contribution in [-0.2, 0) is 11.3 Å². The fourth-order valence-electron chi connectivity index (χ4n) is 2.15. The van der Waals surface area contributed by atoms with Gasteiger partial charge in [0.2, 0.25) is 5.91 Å². The minimum absolute atomic E-state index is 0.0849. The summed E-state index contributed by atoms with van der Waals surface area (Å²) in [6, 6.07) is 8.95. The summed E-state index contributed by atoms with van der Waals surface area (Å²) in [5, 5.41) is 2.76. The Morgan fingerprint density at radius 1 is 1.32 bits per heavy atom. The van der Waals surface area contributed by atoms with Crippen molar-refractivity contribution in [3.8, 4) is 5.75 Å². The van der Waals surface area contributed by atoms with E-state index in [1.54, 1.807) is 32.0 Å². The summed E-state index contributed by atoms with van der Waals surface area (Å²) in [5.41, 5.74) is 1.50. The van der Waals surface area contributed by atoms with Gasteiger partial charge < -0.3 is 10.1 Å². The number of anilines is 1. The average molecular weight is 301 g/mol. The first-order valence-electron chi connectivity index (χ1n) is 7.08. The van der Waals surface area contributed by atoms with Crippen molar-refractivity contribution in [1.82, 2.24) is 9.55 Å². The highest BCUT2D eigenvalue weighted by molar-refractivity contribution is 5.92. The average Bonchev–Trinajstić information content (AvgIpc) is 2.45. The highest BCUT2D eigenvalue weighted by atomic mass is 16.5. The summed E-state index contributed by atoms with van der Waals surface area (Å²) in [7, 11) is 0. The molecule has 1 N–H and O–H groups in total. The topological polar surface area (TPSA) is 73.2 Å². The van der Waals surface area contributed by atoms with Crippen LogP contribution in [0.3, 0.4) is 0 Å². The summed E-state index contributed by atoms with van der Waals surface area (Å²) < 4.78 is 6.79. The number of amides is 1. The van der Waals surface area contributed by atoms with E-state index in [9.17, 15) is 9.59 Å². The quantitative estimate of drug-likeness (QED) is 0.915. The van der Waals surface area contributed by atoms with Crippen LogP contribution < -0.4 is 15.7 Å². The molecule has 0 aliphatic carbocycles. The van der Waals surface area contributed by atoms with Gasteiger partial charge in [-0.25, -0.2) is 4.79 Å². The van der Waals surface area contributed by atoms with E-state index in [2.05, 4.69) is 10.3 Å². The highest BCUT2D eigenvalue weighted by Crippen LogP contribution is 2.23. The van der Waals surface area contributed by atoms with Crippen LogP contribution >= 0.6 is 0 Å². The van der Waals surface area contributed by atoms with E-state index in [4.69, 9.17) is 4.74 Å². The van der Waals surface area contributed by atoms with Crippen LogP contribution in [0.25, 0.3) is 0 Å². The molecule has 6 nitrogen and oxygen atoms in total. The van der Waals surface area contributed by atoms with E-state index in [-0.39, 0.29) is 12.5 Å². The maximum Gasteiger partial charge on any atom is 0.348 e. The molecule has 1 aromatic heterocycles. The Bertz CT molecular complexity index is 738. The summed E-state index contributed by atoms with van der Waals surface area (Å²) in [5.74, 6) is 0.299. The lowest BCUT2D eigenvalue weighted by Crippen LogP contribution is -2.31. The van der Waals surface area contributed by atoms with Crippen LogP contribution in [0, 0.1) is 13.8 Å². The summed E-state index contributed by atoms with van der Waals surface area (Å²) in [6.07, 6.45) is 0. The van der Waals surface area contributed by atoms with Gasteiger partial charge in [0.25, 0.3) is 0 Å². The lowest BCUT2D eigenvalue weighted by molar-refractivity contribution is -0.116. The Balaban J connectivity index is 2.16. The molecule has 22 heavy (non-hydrogen) atoms. The molecular weight excluding hydrogens is 282 g/mol. The molecule has 2 rings (SSSR count). The molecule has 0 fully saturated rings. The molecule has 0 aliphatic rings. The second kappa shape index (κ2) is 6.89. The van der Waals surface area contributed by atoms with E-state index in [0.29, 0.717) is 29.4 Å². The number of para-hydroxylation sites is 2. The van der Waals surface area contributed by atoms with E-state index in [1.165, 1.54) is 4.57 Å². The fourth-order valence-corrected chi connectivity index (χ4v) is 2.15. The number of aryl methyl sites for hydroxylation is 2. The van der Waals surface area contributed by atoms with Crippen molar-refractivity contribution in [1.29, 1.82) is 0 Å². The number of carbonyl (C=O) groups is 1. The number of hydrogen-bond donors (Lipinski definition) is 1. The zero-order valence-electron chi connectivity index (χ0n) is 12.9. The molecule has 0 bridgehead atoms. The van der Waals surface area contributed by atoms with Gasteiger partial charge in [-0.05, 0) is 39.0 Å². The Kier molecular flexibility index (Phi) is 4.93. The van der Waals surface area contributed by atoms with Crippen LogP contribution in [0.15, 0.2) is 35.1 Å². The monoisotopic (exact) mass is 301 g/mol. The van der Waals surface area contributed by atoms with Crippen molar-refractivity contribution >= 4 is 11.6 Å². The maximum absolute atomic E-state index is 12.2. The van der Waals surface area contributed by atoms with E-state index in [1.807, 2.05) is 19.1 Å². The molecule has 1 aromatic carbocycles. The van der Waals surface area contributed by atoms with Crippen LogP contribution in [0.4, 0.5) is 5.69 Å². The second-order valence-electron chi connectivity index (χ2n) is 4.88. The summed E-state index contributed by atoms with van der Waals surface area (Å²) >= 11 is 0. The zero-order valence-corrected chi connectivity index (χ0v) is 12.9. The van der Waals surface area contributed by atoms with Gasteiger partial charge in [0.1, 0.15) is 12.3 Å². The van der Waals surface area contributed by atoms with Crippen LogP contribution in [0.2, 0.25) is 0 Å². The second-order valence-corrected chi connectivity index (χ2v) is 4.88. The molecule has 0 spiro atoms. The van der Waals surface area contributed by atoms with Crippen molar-refractivity contribution in [2.75, 3.05) is 11.9 Å². The third-order valence-electron chi connectivity index (χ3n) is 3.11. The molecule has 1 amide bonds. The van der Waals surface area contributed by atoms with Gasteiger partial charge in [-0.3, -0.25) is 9.36 Å². The molecule has 2 aromatic rings. The lowest BCUT2D eigenvalue weighted by Gasteiger charge is -2.13. The number of ether oxygens (including phenoxy) is 1. The number of aromatic nitrogens is 2. The van der Waals surface area contributed by atoms with Gasteiger partial charge >= 0.3 is 5.69 Å². The number of rotatable bonds is 5. The Hall–Kier alpha value is -2.63. The van der Waals surface area contributed by atoms with E-state index in [0.717, 1.165) is 0 Å². The van der Waals surface area contributed by atoms with Crippen molar-refractivity contribution in [2.45, 2.75) is 27.3 Å². The predicted octanol–water partition coefficient (Wildman–Crippen LogP) is 1.90. The molecule has 6 heteroatoms. The molecule has 0 saturated heterocycles. The molecule has 1 heterocycles. The van der Waals surface area contributed by atoms with Crippen LogP contribution in [0.1, 0.15) is 18.3 Å². The number of nitrogens with one attached hydrogen (secondary N) is 1. The first-order chi connectivity index (χ1) is 10.5. The van der Waals surface area contributed by atoms with Crippen LogP contribution in [-0.4, -0.2) is 22.1 Å². The lowest BCUT2D eigenvalue weighted by atomic mass is 10.3. The van der Waals surface area contributed by atoms with Crippen molar-refractivity contribution in [2.24, 2.45) is 0 Å². The van der Waals surface area contributed by atoms with E-state index >= 15 is 0 Å². The smallest absolute Gasteiger partial charge is 0.348 e. The van der Waals surface area contributed by atoms with E-state index < -0.39 is 5.69 Å². The van der Waals surface area contributed by atoms with Gasteiger partial charge in [-0.1, -0.05) is 12.1 Å². The SMILES string of the molecule is CCOc1ccccc1NC(=O)Cn1c(C)cc(C)nc1=O. The third kappa shape index (κ3) is 3.72. The Morgan fingerprint density at radius 2 is 2.05 bits per heavy atom. The van der Waals surface area contributed by atoms with Gasteiger partial charge in [0, 0.05) is 11.4 Å². The molecule has 0 unspecified atom stereocenters. The standard InChI is InChI=1S/C16H19N3O3/c1-4-22-14-8-6-5-7-13(14)18-15(20)10-19-12(3)9-11(2)17-16(19)21/h5-9H,4,10H2,1-3H3,(H,18,20). The predicted molar refractivity (Wildman–Crippen MR) is 84.2 cm³/mol. The number of nitrogens with zero attached hydrogens (tertiary/aromatic N) is 2. The summed E-state index contributed by atoms with van der Waals surface area (Å²) in [6.45, 7) is 5.82. The molecule has 0 aliphatic heterocycles. The number of benzene rings is 1. The maximum atomic E-state index is 12.2. The normalized spacial score (nSPS) is 10.3. The third-order valence-corrected chi connectivity index (χ3v) is 3.11. The first-order valence-corrected chi connectivity index (χ1v) is 7.08. The molecule has 0 atom stereocenters. The van der Waals surface area contributed by atoms with Crippen molar-refractivity contribution < 1.29 is 9.53 Å². The first kappa shape index (κ1) is 15.8. The zero-order chi connectivity index (χ0) is 16.1. The van der Waals surface area contributed by atoms with Gasteiger partial charge in [-0.15, -0.1) is 0 Å². The Labute approximate surface area is 128 Å². The Morgan fingerprint density at radius 3 is 2.73 bits per heavy atom. The highest BCUT2D eigenvalue weighted by Gasteiger charge is 2.11.